The minimum atomic E-state index is -5.08. The number of carbonyl (C=O) groups is 2. The molecule has 0 atom stereocenters. The van der Waals surface area contributed by atoms with Gasteiger partial charge in [0.05, 0.1) is 0 Å². The molecule has 0 aromatic carbocycles. The number of imide groups is 1. The van der Waals surface area contributed by atoms with Crippen molar-refractivity contribution in [2.75, 3.05) is 0 Å². The van der Waals surface area contributed by atoms with Crippen LogP contribution < -0.4 is 5.32 Å². The fourth-order valence-electron chi connectivity index (χ4n) is 0.735. The number of alkyl halides is 3. The third-order valence-corrected chi connectivity index (χ3v) is 1.38. The summed E-state index contributed by atoms with van der Waals surface area (Å²) in [6, 6.07) is 4.10. The highest BCUT2D eigenvalue weighted by Crippen LogP contribution is 2.14. The van der Waals surface area contributed by atoms with Crippen LogP contribution in [0.2, 0.25) is 0 Å². The zero-order valence-corrected chi connectivity index (χ0v) is 11.2. The molecule has 0 saturated carbocycles. The summed E-state index contributed by atoms with van der Waals surface area (Å²) >= 11 is 0. The Morgan fingerprint density at radius 2 is 1.63 bits per heavy atom. The number of hydrogen-bond donors (Lipinski definition) is 1. The fourth-order valence-corrected chi connectivity index (χ4v) is 0.735. The van der Waals surface area contributed by atoms with Crippen molar-refractivity contribution in [3.8, 4) is 0 Å². The molecule has 7 heteroatoms. The summed E-state index contributed by atoms with van der Waals surface area (Å²) in [7, 11) is 0. The molecule has 0 unspecified atom stereocenters. The number of rotatable bonds is 1. The molecule has 0 aliphatic rings. The molecule has 0 fully saturated rings. The zero-order valence-electron chi connectivity index (χ0n) is 11.2. The third kappa shape index (κ3) is 7.91. The highest BCUT2D eigenvalue weighted by molar-refractivity contribution is 6.05. The summed E-state index contributed by atoms with van der Waals surface area (Å²) in [5.74, 6) is -3.49. The van der Waals surface area contributed by atoms with Crippen molar-refractivity contribution in [3.05, 3.63) is 30.1 Å². The summed E-state index contributed by atoms with van der Waals surface area (Å²) in [6.45, 7) is 8.00. The van der Waals surface area contributed by atoms with Crippen LogP contribution in [0.1, 0.15) is 38.2 Å². The zero-order chi connectivity index (χ0) is 15.5. The summed E-state index contributed by atoms with van der Waals surface area (Å²) in [5, 5.41) is 1.17. The van der Waals surface area contributed by atoms with E-state index in [1.54, 1.807) is 0 Å². The van der Waals surface area contributed by atoms with E-state index in [-0.39, 0.29) is 5.69 Å². The van der Waals surface area contributed by atoms with E-state index in [1.165, 1.54) is 29.7 Å². The van der Waals surface area contributed by atoms with Gasteiger partial charge in [-0.05, 0) is 12.1 Å². The Hall–Kier alpha value is -1.92. The second-order valence-corrected chi connectivity index (χ2v) is 2.50. The van der Waals surface area contributed by atoms with Crippen molar-refractivity contribution < 1.29 is 22.8 Å². The third-order valence-electron chi connectivity index (χ3n) is 1.38. The number of halogens is 3. The van der Waals surface area contributed by atoms with E-state index < -0.39 is 18.0 Å². The Morgan fingerprint density at radius 3 is 2.00 bits per heavy atom. The number of pyridine rings is 1. The summed E-state index contributed by atoms with van der Waals surface area (Å²) in [4.78, 5) is 24.9. The van der Waals surface area contributed by atoms with Crippen LogP contribution in [-0.4, -0.2) is 23.0 Å². The van der Waals surface area contributed by atoms with Crippen molar-refractivity contribution in [1.29, 1.82) is 0 Å². The molecule has 0 aliphatic heterocycles. The van der Waals surface area contributed by atoms with E-state index in [0.29, 0.717) is 0 Å². The smallest absolute Gasteiger partial charge is 0.283 e. The first-order valence-electron chi connectivity index (χ1n) is 5.75. The van der Waals surface area contributed by atoms with Gasteiger partial charge < -0.3 is 0 Å². The van der Waals surface area contributed by atoms with Crippen LogP contribution in [0.25, 0.3) is 0 Å². The molecule has 4 nitrogen and oxygen atoms in total. The maximum Gasteiger partial charge on any atom is 0.471 e. The molecule has 0 saturated heterocycles. The Balaban J connectivity index is 0. The largest absolute Gasteiger partial charge is 0.471 e. The van der Waals surface area contributed by atoms with Gasteiger partial charge in [0, 0.05) is 6.20 Å². The lowest BCUT2D eigenvalue weighted by Crippen LogP contribution is -2.40. The second kappa shape index (κ2) is 10.0. The molecule has 1 aromatic rings. The average molecular weight is 278 g/mol. The minimum absolute atomic E-state index is 0.255. The number of hydrogen-bond acceptors (Lipinski definition) is 3. The molecule has 108 valence electrons. The Kier molecular flexibility index (Phi) is 10.3. The number of nitrogens with zero attached hydrogens (tertiary/aromatic N) is 1. The Bertz CT molecular complexity index is 378. The van der Waals surface area contributed by atoms with E-state index in [4.69, 9.17) is 0 Å². The van der Waals surface area contributed by atoms with Gasteiger partial charge in [0.25, 0.3) is 5.91 Å². The first-order valence-corrected chi connectivity index (χ1v) is 5.75. The highest BCUT2D eigenvalue weighted by Gasteiger charge is 2.39. The monoisotopic (exact) mass is 278 g/mol. The van der Waals surface area contributed by atoms with Gasteiger partial charge in [0.2, 0.25) is 0 Å². The lowest BCUT2D eigenvalue weighted by molar-refractivity contribution is -0.172. The van der Waals surface area contributed by atoms with Crippen LogP contribution in [0.5, 0.6) is 0 Å². The van der Waals surface area contributed by atoms with Gasteiger partial charge >= 0.3 is 12.1 Å². The van der Waals surface area contributed by atoms with Crippen molar-refractivity contribution in [2.24, 2.45) is 0 Å². The van der Waals surface area contributed by atoms with E-state index in [0.717, 1.165) is 0 Å². The van der Waals surface area contributed by atoms with Gasteiger partial charge in [-0.2, -0.15) is 13.2 Å². The van der Waals surface area contributed by atoms with E-state index in [2.05, 4.69) is 4.98 Å². The molecule has 0 radical (unpaired) electrons. The van der Waals surface area contributed by atoms with Gasteiger partial charge in [0.15, 0.2) is 0 Å². The summed E-state index contributed by atoms with van der Waals surface area (Å²) in [5.41, 5.74) is -0.255. The molecule has 19 heavy (non-hydrogen) atoms. The SMILES string of the molecule is CC.CC.O=C(NC(=O)C(F)(F)F)c1ccccn1. The normalized spacial score (nSPS) is 9.21. The summed E-state index contributed by atoms with van der Waals surface area (Å²) < 4.78 is 35.2. The summed E-state index contributed by atoms with van der Waals surface area (Å²) in [6.07, 6.45) is -3.85. The van der Waals surface area contributed by atoms with Gasteiger partial charge in [-0.3, -0.25) is 19.9 Å². The highest BCUT2D eigenvalue weighted by atomic mass is 19.4. The van der Waals surface area contributed by atoms with Crippen molar-refractivity contribution >= 4 is 11.8 Å². The molecule has 2 amide bonds. The van der Waals surface area contributed by atoms with Crippen LogP contribution in [0.4, 0.5) is 13.2 Å². The van der Waals surface area contributed by atoms with Crippen LogP contribution in [0, 0.1) is 0 Å². The van der Waals surface area contributed by atoms with Crippen LogP contribution in [0.15, 0.2) is 24.4 Å². The number of carbonyl (C=O) groups excluding carboxylic acids is 2. The van der Waals surface area contributed by atoms with Crippen molar-refractivity contribution in [1.82, 2.24) is 10.3 Å². The number of amides is 2. The molecule has 0 aliphatic carbocycles. The van der Waals surface area contributed by atoms with Gasteiger partial charge in [-0.1, -0.05) is 33.8 Å². The number of nitrogens with one attached hydrogen (secondary N) is 1. The van der Waals surface area contributed by atoms with Crippen molar-refractivity contribution in [2.45, 2.75) is 33.9 Å². The molecular weight excluding hydrogens is 261 g/mol. The topological polar surface area (TPSA) is 59.1 Å². The Morgan fingerprint density at radius 1 is 1.11 bits per heavy atom. The molecule has 0 spiro atoms. The van der Waals surface area contributed by atoms with E-state index in [9.17, 15) is 22.8 Å². The van der Waals surface area contributed by atoms with E-state index in [1.807, 2.05) is 27.7 Å². The standard InChI is InChI=1S/C8H5F3N2O2.2C2H6/c9-8(10,11)7(15)13-6(14)5-3-1-2-4-12-5;2*1-2/h1-4H,(H,13,14,15);2*1-2H3. The van der Waals surface area contributed by atoms with Crippen LogP contribution >= 0.6 is 0 Å². The van der Waals surface area contributed by atoms with Crippen molar-refractivity contribution in [3.63, 3.8) is 0 Å². The minimum Gasteiger partial charge on any atom is -0.283 e. The molecule has 1 N–H and O–H groups in total. The first-order chi connectivity index (χ1) is 8.91. The molecular formula is C12H17F3N2O2. The molecule has 1 heterocycles. The molecule has 1 rings (SSSR count). The van der Waals surface area contributed by atoms with Gasteiger partial charge in [0.1, 0.15) is 5.69 Å². The molecule has 1 aromatic heterocycles. The second-order valence-electron chi connectivity index (χ2n) is 2.50. The molecule has 0 bridgehead atoms. The lowest BCUT2D eigenvalue weighted by atomic mass is 10.3. The first kappa shape index (κ1) is 19.4. The van der Waals surface area contributed by atoms with Crippen LogP contribution in [0.3, 0.4) is 0 Å². The lowest BCUT2D eigenvalue weighted by Gasteiger charge is -2.05. The van der Waals surface area contributed by atoms with E-state index >= 15 is 0 Å². The predicted octanol–water partition coefficient (Wildman–Crippen LogP) is 2.95. The van der Waals surface area contributed by atoms with Gasteiger partial charge in [-0.15, -0.1) is 0 Å². The maximum atomic E-state index is 11.7. The van der Waals surface area contributed by atoms with Crippen LogP contribution in [-0.2, 0) is 4.79 Å². The average Bonchev–Trinajstić information content (AvgIpc) is 2.43. The number of aromatic nitrogens is 1. The maximum absolute atomic E-state index is 11.7. The predicted molar refractivity (Wildman–Crippen MR) is 65.5 cm³/mol. The fraction of sp³-hybridized carbons (Fsp3) is 0.417. The quantitative estimate of drug-likeness (QED) is 0.859. The Labute approximate surface area is 110 Å². The van der Waals surface area contributed by atoms with Gasteiger partial charge in [-0.25, -0.2) is 0 Å².